The van der Waals surface area contributed by atoms with Gasteiger partial charge in [0.05, 0.1) is 12.3 Å². The molecule has 1 aromatic carbocycles. The lowest BCUT2D eigenvalue weighted by Crippen LogP contribution is -2.42. The summed E-state index contributed by atoms with van der Waals surface area (Å²) in [5.41, 5.74) is -0.256. The van der Waals surface area contributed by atoms with Crippen molar-refractivity contribution in [2.75, 3.05) is 6.61 Å². The van der Waals surface area contributed by atoms with Crippen molar-refractivity contribution >= 4 is 34.9 Å². The van der Waals surface area contributed by atoms with Crippen LogP contribution >= 0.6 is 11.6 Å². The Hall–Kier alpha value is -3.24. The zero-order valence-corrected chi connectivity index (χ0v) is 23.6. The minimum atomic E-state index is -0.916. The third-order valence-corrected chi connectivity index (χ3v) is 8.32. The van der Waals surface area contributed by atoms with Crippen LogP contribution in [-0.2, 0) is 29.9 Å². The Morgan fingerprint density at radius 3 is 2.46 bits per heavy atom. The molecule has 0 spiro atoms. The standard InChI is InChI=1S/C28H35ClN6O4/c1-5-33-24-23(25(37)34(27(33)38)13-6-14-36)35(16-19-8-10-20(29)11-9-19)26(32-24)28(4)18(3)31-22(15-30-28)39-21-12-7-17(21)2/h8-11,15,17-18,21,36H,5-7,12-14,16H2,1-4H3. The van der Waals surface area contributed by atoms with Gasteiger partial charge in [-0.2, -0.15) is 0 Å². The molecule has 1 aliphatic carbocycles. The summed E-state index contributed by atoms with van der Waals surface area (Å²) in [6.45, 7) is 8.56. The second kappa shape index (κ2) is 10.7. The minimum Gasteiger partial charge on any atom is -0.473 e. The molecule has 1 fully saturated rings. The zero-order valence-electron chi connectivity index (χ0n) is 22.8. The number of rotatable bonds is 8. The first-order valence-electron chi connectivity index (χ1n) is 13.6. The number of imidazole rings is 1. The van der Waals surface area contributed by atoms with Crippen molar-refractivity contribution in [3.8, 4) is 0 Å². The molecule has 0 radical (unpaired) electrons. The number of benzene rings is 1. The zero-order chi connectivity index (χ0) is 27.9. The van der Waals surface area contributed by atoms with E-state index in [0.717, 1.165) is 18.4 Å². The first-order valence-corrected chi connectivity index (χ1v) is 13.9. The van der Waals surface area contributed by atoms with E-state index in [9.17, 15) is 14.7 Å². The second-order valence-corrected chi connectivity index (χ2v) is 11.1. The average molecular weight is 555 g/mol. The molecule has 3 aromatic rings. The first-order chi connectivity index (χ1) is 18.7. The summed E-state index contributed by atoms with van der Waals surface area (Å²) in [5.74, 6) is 1.54. The fraction of sp³-hybridized carbons (Fsp3) is 0.536. The molecule has 4 unspecified atom stereocenters. The predicted octanol–water partition coefficient (Wildman–Crippen LogP) is 3.37. The van der Waals surface area contributed by atoms with Crippen LogP contribution < -0.4 is 11.2 Å². The van der Waals surface area contributed by atoms with Crippen molar-refractivity contribution in [2.45, 2.75) is 84.3 Å². The smallest absolute Gasteiger partial charge is 0.332 e. The Labute approximate surface area is 231 Å². The van der Waals surface area contributed by atoms with Gasteiger partial charge < -0.3 is 14.4 Å². The summed E-state index contributed by atoms with van der Waals surface area (Å²) < 4.78 is 10.6. The highest BCUT2D eigenvalue weighted by molar-refractivity contribution is 6.30. The number of hydrogen-bond donors (Lipinski definition) is 1. The third-order valence-electron chi connectivity index (χ3n) is 8.07. The van der Waals surface area contributed by atoms with Crippen molar-refractivity contribution in [3.63, 3.8) is 0 Å². The van der Waals surface area contributed by atoms with E-state index in [2.05, 4.69) is 6.92 Å². The van der Waals surface area contributed by atoms with Crippen LogP contribution in [0, 0.1) is 5.92 Å². The molecule has 39 heavy (non-hydrogen) atoms. The lowest BCUT2D eigenvalue weighted by molar-refractivity contribution is 0.0483. The van der Waals surface area contributed by atoms with E-state index in [4.69, 9.17) is 31.3 Å². The second-order valence-electron chi connectivity index (χ2n) is 10.6. The summed E-state index contributed by atoms with van der Waals surface area (Å²) in [4.78, 5) is 41.8. The third kappa shape index (κ3) is 4.84. The van der Waals surface area contributed by atoms with Gasteiger partial charge >= 0.3 is 5.69 Å². The number of aliphatic imine (C=N–C) groups is 2. The van der Waals surface area contributed by atoms with Gasteiger partial charge in [0.1, 0.15) is 17.5 Å². The maximum Gasteiger partial charge on any atom is 0.332 e. The molecule has 1 N–H and O–H groups in total. The molecule has 10 nitrogen and oxygen atoms in total. The molecule has 0 saturated heterocycles. The molecule has 0 bridgehead atoms. The summed E-state index contributed by atoms with van der Waals surface area (Å²) in [6.07, 6.45) is 4.25. The van der Waals surface area contributed by atoms with Crippen molar-refractivity contribution < 1.29 is 9.84 Å². The Morgan fingerprint density at radius 2 is 1.87 bits per heavy atom. The van der Waals surface area contributed by atoms with E-state index >= 15 is 0 Å². The lowest BCUT2D eigenvalue weighted by Gasteiger charge is -2.36. The van der Waals surface area contributed by atoms with Crippen molar-refractivity contribution in [1.29, 1.82) is 0 Å². The van der Waals surface area contributed by atoms with Gasteiger partial charge in [0.2, 0.25) is 5.90 Å². The van der Waals surface area contributed by atoms with Gasteiger partial charge in [-0.05, 0) is 63.6 Å². The fourth-order valence-corrected chi connectivity index (χ4v) is 5.36. The molecule has 208 valence electrons. The predicted molar refractivity (Wildman–Crippen MR) is 152 cm³/mol. The summed E-state index contributed by atoms with van der Waals surface area (Å²) in [5, 5.41) is 9.99. The number of aromatic nitrogens is 4. The van der Waals surface area contributed by atoms with Crippen LogP contribution in [0.1, 0.15) is 58.3 Å². The van der Waals surface area contributed by atoms with Crippen LogP contribution in [0.15, 0.2) is 43.8 Å². The molecule has 4 atom stereocenters. The van der Waals surface area contributed by atoms with Crippen LogP contribution in [0.25, 0.3) is 11.2 Å². The van der Waals surface area contributed by atoms with E-state index in [1.807, 2.05) is 37.5 Å². The van der Waals surface area contributed by atoms with Gasteiger partial charge in [0.25, 0.3) is 5.56 Å². The Kier molecular flexibility index (Phi) is 7.52. The maximum atomic E-state index is 13.8. The van der Waals surface area contributed by atoms with E-state index in [1.165, 1.54) is 9.13 Å². The molecule has 5 rings (SSSR count). The van der Waals surface area contributed by atoms with Crippen LogP contribution in [0.4, 0.5) is 0 Å². The quantitative estimate of drug-likeness (QED) is 0.458. The summed E-state index contributed by atoms with van der Waals surface area (Å²) >= 11 is 6.13. The average Bonchev–Trinajstić information content (AvgIpc) is 3.29. The lowest BCUT2D eigenvalue weighted by atomic mass is 9.83. The Morgan fingerprint density at radius 1 is 1.13 bits per heavy atom. The highest BCUT2D eigenvalue weighted by Gasteiger charge is 2.42. The number of hydrogen-bond acceptors (Lipinski definition) is 7. The molecule has 2 aromatic heterocycles. The number of ether oxygens (including phenoxy) is 1. The number of fused-ring (bicyclic) bond motifs is 1. The van der Waals surface area contributed by atoms with E-state index < -0.39 is 16.8 Å². The van der Waals surface area contributed by atoms with Gasteiger partial charge in [-0.1, -0.05) is 30.7 Å². The Bertz CT molecular complexity index is 1550. The monoisotopic (exact) mass is 554 g/mol. The molecule has 2 aliphatic rings. The van der Waals surface area contributed by atoms with Crippen LogP contribution in [0.2, 0.25) is 5.02 Å². The Balaban J connectivity index is 1.68. The number of nitrogens with zero attached hydrogens (tertiary/aromatic N) is 6. The number of halogens is 1. The van der Waals surface area contributed by atoms with Crippen LogP contribution in [0.3, 0.4) is 0 Å². The van der Waals surface area contributed by atoms with Gasteiger partial charge in [-0.25, -0.2) is 14.8 Å². The van der Waals surface area contributed by atoms with E-state index in [1.54, 1.807) is 18.3 Å². The normalized spacial score (nSPS) is 24.6. The van der Waals surface area contributed by atoms with Gasteiger partial charge in [0, 0.05) is 31.3 Å². The summed E-state index contributed by atoms with van der Waals surface area (Å²) in [7, 11) is 0. The SMILES string of the molecule is CCn1c(=O)n(CCCO)c(=O)c2c1nc(C1(C)N=CC(OC3CCC3C)=NC1C)n2Cc1ccc(Cl)cc1. The molecular formula is C28H35ClN6O4. The topological polar surface area (TPSA) is 116 Å². The van der Waals surface area contributed by atoms with Crippen LogP contribution in [-0.4, -0.2) is 54.7 Å². The van der Waals surface area contributed by atoms with Gasteiger partial charge in [0.15, 0.2) is 11.2 Å². The molecule has 1 saturated carbocycles. The van der Waals surface area contributed by atoms with E-state index in [0.29, 0.717) is 53.3 Å². The fourth-order valence-electron chi connectivity index (χ4n) is 5.23. The van der Waals surface area contributed by atoms with Gasteiger partial charge in [-0.15, -0.1) is 0 Å². The highest BCUT2D eigenvalue weighted by Crippen LogP contribution is 2.36. The number of aryl methyl sites for hydroxylation is 1. The van der Waals surface area contributed by atoms with E-state index in [-0.39, 0.29) is 25.3 Å². The van der Waals surface area contributed by atoms with Crippen molar-refractivity contribution in [3.05, 3.63) is 61.5 Å². The molecule has 1 aliphatic heterocycles. The van der Waals surface area contributed by atoms with Gasteiger partial charge in [-0.3, -0.25) is 18.9 Å². The maximum absolute atomic E-state index is 13.8. The number of aliphatic hydroxyl groups is 1. The van der Waals surface area contributed by atoms with Crippen molar-refractivity contribution in [2.24, 2.45) is 15.9 Å². The largest absolute Gasteiger partial charge is 0.473 e. The van der Waals surface area contributed by atoms with Crippen molar-refractivity contribution in [1.82, 2.24) is 18.7 Å². The molecule has 3 heterocycles. The molecule has 0 amide bonds. The highest BCUT2D eigenvalue weighted by atomic mass is 35.5. The number of aliphatic hydroxyl groups excluding tert-OH is 1. The first kappa shape index (κ1) is 27.3. The molecular weight excluding hydrogens is 520 g/mol. The summed E-state index contributed by atoms with van der Waals surface area (Å²) in [6, 6.07) is 7.06. The minimum absolute atomic E-state index is 0.113. The van der Waals surface area contributed by atoms with Crippen LogP contribution in [0.5, 0.6) is 0 Å². The molecule has 11 heteroatoms.